The van der Waals surface area contributed by atoms with Crippen LogP contribution < -0.4 is 0 Å². The standard InChI is InChI=1S/C30H35F3N2/c1-2-3-4-5-6-7-8-21-9-11-22(12-10-21)23-13-15-24(16-14-23)26-19-34-30(35-20-26)25-17-27(31)29(33)28(32)18-25/h13-22H,2-12H2,1H3. The summed E-state index contributed by atoms with van der Waals surface area (Å²) in [6.45, 7) is 2.27. The monoisotopic (exact) mass is 480 g/mol. The van der Waals surface area contributed by atoms with E-state index in [0.29, 0.717) is 5.92 Å². The molecule has 1 aliphatic rings. The predicted octanol–water partition coefficient (Wildman–Crippen LogP) is 9.25. The SMILES string of the molecule is CCCCCCCCC1CCC(c2ccc(-c3cnc(-c4cc(F)c(F)c(F)c4)nc3)cc2)CC1. The van der Waals surface area contributed by atoms with Crippen molar-refractivity contribution in [1.82, 2.24) is 9.97 Å². The lowest BCUT2D eigenvalue weighted by molar-refractivity contribution is 0.302. The molecule has 3 aromatic rings. The summed E-state index contributed by atoms with van der Waals surface area (Å²) in [7, 11) is 0. The van der Waals surface area contributed by atoms with Crippen molar-refractivity contribution in [3.05, 3.63) is 71.8 Å². The highest BCUT2D eigenvalue weighted by atomic mass is 19.2. The van der Waals surface area contributed by atoms with Crippen molar-refractivity contribution in [2.75, 3.05) is 0 Å². The van der Waals surface area contributed by atoms with E-state index >= 15 is 0 Å². The first-order valence-electron chi connectivity index (χ1n) is 13.1. The highest BCUT2D eigenvalue weighted by Crippen LogP contribution is 2.38. The topological polar surface area (TPSA) is 25.8 Å². The Morgan fingerprint density at radius 3 is 1.94 bits per heavy atom. The summed E-state index contributed by atoms with van der Waals surface area (Å²) in [5.74, 6) is -2.31. The van der Waals surface area contributed by atoms with E-state index in [1.807, 2.05) is 0 Å². The van der Waals surface area contributed by atoms with E-state index in [9.17, 15) is 13.2 Å². The molecule has 1 heterocycles. The summed E-state index contributed by atoms with van der Waals surface area (Å²) in [6.07, 6.45) is 18.1. The average molecular weight is 481 g/mol. The van der Waals surface area contributed by atoms with Crippen molar-refractivity contribution in [3.8, 4) is 22.5 Å². The van der Waals surface area contributed by atoms with Crippen LogP contribution in [0, 0.1) is 23.4 Å². The van der Waals surface area contributed by atoms with Crippen LogP contribution in [0.4, 0.5) is 13.2 Å². The molecule has 0 amide bonds. The number of halogens is 3. The molecule has 0 aliphatic heterocycles. The number of unbranched alkanes of at least 4 members (excludes halogenated alkanes) is 5. The molecule has 186 valence electrons. The third-order valence-electron chi connectivity index (χ3n) is 7.42. The molecule has 0 atom stereocenters. The van der Waals surface area contributed by atoms with E-state index in [1.165, 1.54) is 76.2 Å². The Morgan fingerprint density at radius 2 is 1.31 bits per heavy atom. The second-order valence-electron chi connectivity index (χ2n) is 9.95. The van der Waals surface area contributed by atoms with Crippen LogP contribution >= 0.6 is 0 Å². The molecule has 0 spiro atoms. The molecule has 4 rings (SSSR count). The van der Waals surface area contributed by atoms with Crippen molar-refractivity contribution in [3.63, 3.8) is 0 Å². The highest BCUT2D eigenvalue weighted by Gasteiger charge is 2.22. The minimum atomic E-state index is -1.49. The zero-order chi connectivity index (χ0) is 24.6. The maximum Gasteiger partial charge on any atom is 0.194 e. The molecule has 0 radical (unpaired) electrons. The number of hydrogen-bond donors (Lipinski definition) is 0. The third-order valence-corrected chi connectivity index (χ3v) is 7.42. The van der Waals surface area contributed by atoms with Gasteiger partial charge in [0.15, 0.2) is 23.3 Å². The smallest absolute Gasteiger partial charge is 0.194 e. The molecule has 2 nitrogen and oxygen atoms in total. The van der Waals surface area contributed by atoms with E-state index in [4.69, 9.17) is 0 Å². The van der Waals surface area contributed by atoms with Crippen LogP contribution in [-0.2, 0) is 0 Å². The molecule has 0 unspecified atom stereocenters. The molecule has 1 saturated carbocycles. The van der Waals surface area contributed by atoms with E-state index in [-0.39, 0.29) is 11.4 Å². The highest BCUT2D eigenvalue weighted by molar-refractivity contribution is 5.64. The Balaban J connectivity index is 1.29. The largest absolute Gasteiger partial charge is 0.236 e. The molecule has 35 heavy (non-hydrogen) atoms. The lowest BCUT2D eigenvalue weighted by Gasteiger charge is -2.29. The van der Waals surface area contributed by atoms with E-state index in [0.717, 1.165) is 29.2 Å². The Labute approximate surface area is 207 Å². The van der Waals surface area contributed by atoms with Gasteiger partial charge in [-0.25, -0.2) is 23.1 Å². The lowest BCUT2D eigenvalue weighted by atomic mass is 9.77. The summed E-state index contributed by atoms with van der Waals surface area (Å²) in [4.78, 5) is 8.47. The fourth-order valence-electron chi connectivity index (χ4n) is 5.26. The number of benzene rings is 2. The molecule has 0 saturated heterocycles. The molecule has 1 fully saturated rings. The minimum Gasteiger partial charge on any atom is -0.236 e. The van der Waals surface area contributed by atoms with Gasteiger partial charge in [-0.15, -0.1) is 0 Å². The van der Waals surface area contributed by atoms with Crippen LogP contribution in [0.5, 0.6) is 0 Å². The first-order valence-corrected chi connectivity index (χ1v) is 13.1. The fourth-order valence-corrected chi connectivity index (χ4v) is 5.26. The first-order chi connectivity index (χ1) is 17.0. The van der Waals surface area contributed by atoms with Gasteiger partial charge < -0.3 is 0 Å². The van der Waals surface area contributed by atoms with Crippen LogP contribution in [0.1, 0.15) is 89.0 Å². The summed E-state index contributed by atoms with van der Waals surface area (Å²) in [6, 6.07) is 10.4. The molecule has 0 bridgehead atoms. The van der Waals surface area contributed by atoms with Gasteiger partial charge in [-0.1, -0.05) is 76.1 Å². The quantitative estimate of drug-likeness (QED) is 0.213. The molecular formula is C30H35F3N2. The van der Waals surface area contributed by atoms with Gasteiger partial charge >= 0.3 is 0 Å². The molecule has 0 N–H and O–H groups in total. The van der Waals surface area contributed by atoms with Crippen LogP contribution in [0.15, 0.2) is 48.8 Å². The van der Waals surface area contributed by atoms with Gasteiger partial charge in [0.1, 0.15) is 0 Å². The van der Waals surface area contributed by atoms with Gasteiger partial charge in [0.05, 0.1) is 0 Å². The Hall–Kier alpha value is -2.69. The molecule has 5 heteroatoms. The number of hydrogen-bond acceptors (Lipinski definition) is 2. The first kappa shape index (κ1) is 25.4. The van der Waals surface area contributed by atoms with Crippen molar-refractivity contribution in [2.45, 2.75) is 83.5 Å². The maximum absolute atomic E-state index is 13.5. The van der Waals surface area contributed by atoms with Crippen LogP contribution in [0.3, 0.4) is 0 Å². The van der Waals surface area contributed by atoms with E-state index in [1.54, 1.807) is 12.4 Å². The Morgan fingerprint density at radius 1 is 0.714 bits per heavy atom. The number of rotatable bonds is 10. The molecular weight excluding hydrogens is 445 g/mol. The third kappa shape index (κ3) is 6.71. The van der Waals surface area contributed by atoms with Gasteiger partial charge in [-0.05, 0) is 60.8 Å². The number of nitrogens with zero attached hydrogens (tertiary/aromatic N) is 2. The van der Waals surface area contributed by atoms with Crippen molar-refractivity contribution in [1.29, 1.82) is 0 Å². The van der Waals surface area contributed by atoms with Crippen molar-refractivity contribution < 1.29 is 13.2 Å². The second kappa shape index (κ2) is 12.3. The maximum atomic E-state index is 13.5. The summed E-state index contributed by atoms with van der Waals surface area (Å²) < 4.78 is 40.2. The van der Waals surface area contributed by atoms with Crippen LogP contribution in [0.25, 0.3) is 22.5 Å². The molecule has 1 aliphatic carbocycles. The minimum absolute atomic E-state index is 0.107. The Kier molecular flexibility index (Phi) is 8.95. The van der Waals surface area contributed by atoms with Gasteiger partial charge in [-0.2, -0.15) is 0 Å². The van der Waals surface area contributed by atoms with Crippen molar-refractivity contribution in [2.24, 2.45) is 5.92 Å². The van der Waals surface area contributed by atoms with Crippen LogP contribution in [-0.4, -0.2) is 9.97 Å². The predicted molar refractivity (Wildman–Crippen MR) is 135 cm³/mol. The van der Waals surface area contributed by atoms with Gasteiger partial charge in [0, 0.05) is 23.5 Å². The lowest BCUT2D eigenvalue weighted by Crippen LogP contribution is -2.13. The van der Waals surface area contributed by atoms with Gasteiger partial charge in [0.25, 0.3) is 0 Å². The normalized spacial score (nSPS) is 18.1. The van der Waals surface area contributed by atoms with Gasteiger partial charge in [0.2, 0.25) is 0 Å². The van der Waals surface area contributed by atoms with Gasteiger partial charge in [-0.3, -0.25) is 0 Å². The average Bonchev–Trinajstić information content (AvgIpc) is 2.89. The Bertz CT molecular complexity index is 1050. The number of aromatic nitrogens is 2. The summed E-state index contributed by atoms with van der Waals surface area (Å²) in [5, 5.41) is 0. The molecule has 2 aromatic carbocycles. The summed E-state index contributed by atoms with van der Waals surface area (Å²) >= 11 is 0. The van der Waals surface area contributed by atoms with E-state index in [2.05, 4.69) is 41.2 Å². The van der Waals surface area contributed by atoms with Crippen LogP contribution in [0.2, 0.25) is 0 Å². The summed E-state index contributed by atoms with van der Waals surface area (Å²) in [5.41, 5.74) is 3.32. The zero-order valence-corrected chi connectivity index (χ0v) is 20.6. The fraction of sp³-hybridized carbons (Fsp3) is 0.467. The zero-order valence-electron chi connectivity index (χ0n) is 20.6. The second-order valence-corrected chi connectivity index (χ2v) is 9.95. The van der Waals surface area contributed by atoms with E-state index < -0.39 is 17.5 Å². The molecule has 1 aromatic heterocycles. The van der Waals surface area contributed by atoms with Crippen molar-refractivity contribution >= 4 is 0 Å².